The normalized spacial score (nSPS) is 11.0. The highest BCUT2D eigenvalue weighted by molar-refractivity contribution is 7.99. The van der Waals surface area contributed by atoms with Gasteiger partial charge in [0.1, 0.15) is 5.69 Å². The number of benzene rings is 1. The van der Waals surface area contributed by atoms with Crippen LogP contribution in [0.5, 0.6) is 0 Å². The highest BCUT2D eigenvalue weighted by Gasteiger charge is 2.12. The zero-order chi connectivity index (χ0) is 18.8. The van der Waals surface area contributed by atoms with Crippen molar-refractivity contribution in [1.82, 2.24) is 19.8 Å². The van der Waals surface area contributed by atoms with Gasteiger partial charge in [-0.15, -0.1) is 10.2 Å². The second-order valence-corrected chi connectivity index (χ2v) is 7.10. The molecule has 27 heavy (non-hydrogen) atoms. The third-order valence-electron chi connectivity index (χ3n) is 3.85. The van der Waals surface area contributed by atoms with Crippen LogP contribution in [0.2, 0.25) is 0 Å². The van der Waals surface area contributed by atoms with Crippen molar-refractivity contribution in [1.29, 1.82) is 0 Å². The fourth-order valence-corrected chi connectivity index (χ4v) is 3.48. The van der Waals surface area contributed by atoms with Gasteiger partial charge in [0.05, 0.1) is 12.0 Å². The smallest absolute Gasteiger partial charge is 0.234 e. The Labute approximate surface area is 159 Å². The summed E-state index contributed by atoms with van der Waals surface area (Å²) >= 11 is 1.28. The maximum absolute atomic E-state index is 12.3. The molecule has 0 aliphatic carbocycles. The first kappa shape index (κ1) is 17.3. The van der Waals surface area contributed by atoms with Crippen LogP contribution in [0, 0.1) is 13.8 Å². The van der Waals surface area contributed by atoms with Crippen LogP contribution in [0.4, 0.5) is 5.69 Å². The second-order valence-electron chi connectivity index (χ2n) is 6.16. The molecule has 0 radical (unpaired) electrons. The summed E-state index contributed by atoms with van der Waals surface area (Å²) in [7, 11) is 0. The number of furan rings is 1. The van der Waals surface area contributed by atoms with Crippen molar-refractivity contribution in [3.05, 3.63) is 59.9 Å². The van der Waals surface area contributed by atoms with Gasteiger partial charge >= 0.3 is 0 Å². The van der Waals surface area contributed by atoms with Crippen LogP contribution in [-0.2, 0) is 4.79 Å². The Kier molecular flexibility index (Phi) is 4.64. The first-order chi connectivity index (χ1) is 13.1. The lowest BCUT2D eigenvalue weighted by Crippen LogP contribution is -2.14. The predicted molar refractivity (Wildman–Crippen MR) is 104 cm³/mol. The number of amides is 1. The standard InChI is InChI=1S/C19H17N5O2S/c1-12-8-13(2)10-14(9-12)20-18(25)11-27-19-22-21-17-6-5-15(23-24(17)19)16-4-3-7-26-16/h3-10H,11H2,1-2H3,(H,20,25). The number of aromatic nitrogens is 4. The van der Waals surface area contributed by atoms with E-state index in [1.54, 1.807) is 16.8 Å². The summed E-state index contributed by atoms with van der Waals surface area (Å²) in [4.78, 5) is 12.3. The molecule has 3 heterocycles. The van der Waals surface area contributed by atoms with Gasteiger partial charge in [0.25, 0.3) is 0 Å². The van der Waals surface area contributed by atoms with Crippen LogP contribution >= 0.6 is 11.8 Å². The average Bonchev–Trinajstić information content (AvgIpc) is 3.28. The molecule has 0 aliphatic heterocycles. The quantitative estimate of drug-likeness (QED) is 0.532. The minimum Gasteiger partial charge on any atom is -0.463 e. The van der Waals surface area contributed by atoms with Crippen LogP contribution in [0.15, 0.2) is 58.3 Å². The fourth-order valence-electron chi connectivity index (χ4n) is 2.79. The summed E-state index contributed by atoms with van der Waals surface area (Å²) in [6.45, 7) is 4.00. The van der Waals surface area contributed by atoms with Gasteiger partial charge in [0, 0.05) is 5.69 Å². The number of carbonyl (C=O) groups excluding carboxylic acids is 1. The molecule has 0 atom stereocenters. The Bertz CT molecular complexity index is 1080. The summed E-state index contributed by atoms with van der Waals surface area (Å²) < 4.78 is 7.00. The van der Waals surface area contributed by atoms with E-state index in [0.717, 1.165) is 16.8 Å². The minimum absolute atomic E-state index is 0.107. The number of anilines is 1. The number of thioether (sulfide) groups is 1. The van der Waals surface area contributed by atoms with E-state index in [1.165, 1.54) is 11.8 Å². The van der Waals surface area contributed by atoms with Gasteiger partial charge < -0.3 is 9.73 Å². The molecule has 3 aromatic heterocycles. The number of nitrogens with one attached hydrogen (secondary N) is 1. The zero-order valence-electron chi connectivity index (χ0n) is 14.8. The van der Waals surface area contributed by atoms with Gasteiger partial charge in [-0.2, -0.15) is 9.61 Å². The molecule has 1 amide bonds. The molecule has 0 unspecified atom stereocenters. The van der Waals surface area contributed by atoms with Gasteiger partial charge in [-0.3, -0.25) is 4.79 Å². The predicted octanol–water partition coefficient (Wildman–Crippen LogP) is 3.73. The molecule has 8 heteroatoms. The second kappa shape index (κ2) is 7.24. The molecule has 4 aromatic rings. The number of hydrogen-bond acceptors (Lipinski definition) is 6. The molecule has 0 spiro atoms. The van der Waals surface area contributed by atoms with Crippen molar-refractivity contribution >= 4 is 29.0 Å². The molecular formula is C19H17N5O2S. The highest BCUT2D eigenvalue weighted by atomic mass is 32.2. The van der Waals surface area contributed by atoms with Gasteiger partial charge in [0.15, 0.2) is 11.4 Å². The fraction of sp³-hybridized carbons (Fsp3) is 0.158. The van der Waals surface area contributed by atoms with Crippen LogP contribution < -0.4 is 5.32 Å². The molecule has 0 aliphatic rings. The summed E-state index contributed by atoms with van der Waals surface area (Å²) in [6, 6.07) is 13.2. The summed E-state index contributed by atoms with van der Waals surface area (Å²) in [6.07, 6.45) is 1.60. The first-order valence-electron chi connectivity index (χ1n) is 8.36. The molecule has 136 valence electrons. The molecule has 0 bridgehead atoms. The van der Waals surface area contributed by atoms with E-state index in [2.05, 4.69) is 26.7 Å². The number of nitrogens with zero attached hydrogens (tertiary/aromatic N) is 4. The molecular weight excluding hydrogens is 362 g/mol. The average molecular weight is 379 g/mol. The Morgan fingerprint density at radius 1 is 1.15 bits per heavy atom. The first-order valence-corrected chi connectivity index (χ1v) is 9.34. The maximum Gasteiger partial charge on any atom is 0.234 e. The molecule has 0 saturated heterocycles. The van der Waals surface area contributed by atoms with Gasteiger partial charge in [-0.25, -0.2) is 0 Å². The third kappa shape index (κ3) is 3.85. The van der Waals surface area contributed by atoms with Crippen molar-refractivity contribution in [3.8, 4) is 11.5 Å². The van der Waals surface area contributed by atoms with E-state index in [9.17, 15) is 4.79 Å². The molecule has 0 fully saturated rings. The van der Waals surface area contributed by atoms with Crippen molar-refractivity contribution < 1.29 is 9.21 Å². The minimum atomic E-state index is -0.107. The van der Waals surface area contributed by atoms with Crippen LogP contribution in [0.25, 0.3) is 17.1 Å². The van der Waals surface area contributed by atoms with Crippen molar-refractivity contribution in [2.24, 2.45) is 0 Å². The topological polar surface area (TPSA) is 85.3 Å². The SMILES string of the molecule is Cc1cc(C)cc(NC(=O)CSc2nnc3ccc(-c4ccco4)nn23)c1. The number of hydrogen-bond donors (Lipinski definition) is 1. The monoisotopic (exact) mass is 379 g/mol. The van der Waals surface area contributed by atoms with Gasteiger partial charge in [-0.05, 0) is 61.4 Å². The lowest BCUT2D eigenvalue weighted by molar-refractivity contribution is -0.113. The van der Waals surface area contributed by atoms with E-state index in [1.807, 2.05) is 44.2 Å². The van der Waals surface area contributed by atoms with E-state index in [-0.39, 0.29) is 11.7 Å². The number of aryl methyl sites for hydroxylation is 2. The highest BCUT2D eigenvalue weighted by Crippen LogP contribution is 2.21. The summed E-state index contributed by atoms with van der Waals surface area (Å²) in [5.74, 6) is 0.763. The largest absolute Gasteiger partial charge is 0.463 e. The zero-order valence-corrected chi connectivity index (χ0v) is 15.7. The lowest BCUT2D eigenvalue weighted by Gasteiger charge is -2.07. The summed E-state index contributed by atoms with van der Waals surface area (Å²) in [5.41, 5.74) is 4.30. The van der Waals surface area contributed by atoms with Gasteiger partial charge in [-0.1, -0.05) is 17.8 Å². The van der Waals surface area contributed by atoms with Crippen LogP contribution in [-0.4, -0.2) is 31.5 Å². The van der Waals surface area contributed by atoms with E-state index >= 15 is 0 Å². The molecule has 1 N–H and O–H groups in total. The van der Waals surface area contributed by atoms with E-state index in [4.69, 9.17) is 4.42 Å². The van der Waals surface area contributed by atoms with E-state index < -0.39 is 0 Å². The lowest BCUT2D eigenvalue weighted by atomic mass is 10.1. The van der Waals surface area contributed by atoms with Gasteiger partial charge in [0.2, 0.25) is 11.1 Å². The van der Waals surface area contributed by atoms with Crippen molar-refractivity contribution in [3.63, 3.8) is 0 Å². The Morgan fingerprint density at radius 3 is 2.70 bits per heavy atom. The molecule has 1 aromatic carbocycles. The number of carbonyl (C=O) groups is 1. The molecule has 4 rings (SSSR count). The number of rotatable bonds is 5. The number of fused-ring (bicyclic) bond motifs is 1. The van der Waals surface area contributed by atoms with Crippen molar-refractivity contribution in [2.45, 2.75) is 19.0 Å². The molecule has 0 saturated carbocycles. The van der Waals surface area contributed by atoms with Crippen LogP contribution in [0.3, 0.4) is 0 Å². The van der Waals surface area contributed by atoms with Crippen molar-refractivity contribution in [2.75, 3.05) is 11.1 Å². The maximum atomic E-state index is 12.3. The Morgan fingerprint density at radius 2 is 1.96 bits per heavy atom. The Hall–Kier alpha value is -3.13. The molecule has 7 nitrogen and oxygen atoms in total. The van der Waals surface area contributed by atoms with E-state index in [0.29, 0.717) is 22.3 Å². The van der Waals surface area contributed by atoms with Crippen LogP contribution in [0.1, 0.15) is 11.1 Å². The Balaban J connectivity index is 1.48. The third-order valence-corrected chi connectivity index (χ3v) is 4.76. The summed E-state index contributed by atoms with van der Waals surface area (Å²) in [5, 5.41) is 16.2.